The maximum Gasteiger partial charge on any atom is 0.252 e. The van der Waals surface area contributed by atoms with Crippen molar-refractivity contribution in [1.82, 2.24) is 5.32 Å². The average Bonchev–Trinajstić information content (AvgIpc) is 3.29. The molecular weight excluding hydrogens is 437 g/mol. The lowest BCUT2D eigenvalue weighted by Crippen LogP contribution is -2.36. The van der Waals surface area contributed by atoms with Gasteiger partial charge in [0.2, 0.25) is 5.91 Å². The molecule has 0 bridgehead atoms. The number of nitrogens with one attached hydrogen (secondary N) is 1. The van der Waals surface area contributed by atoms with Crippen LogP contribution in [0.4, 0.5) is 10.1 Å². The van der Waals surface area contributed by atoms with E-state index in [1.807, 2.05) is 6.07 Å². The fraction of sp³-hybridized carbons (Fsp3) is 0.154. The first-order valence-electron chi connectivity index (χ1n) is 10.7. The van der Waals surface area contributed by atoms with Crippen LogP contribution in [0.1, 0.15) is 16.8 Å². The summed E-state index contributed by atoms with van der Waals surface area (Å²) in [4.78, 5) is 25.7. The second kappa shape index (κ2) is 10.1. The molecule has 3 N–H and O–H groups in total. The van der Waals surface area contributed by atoms with Gasteiger partial charge in [0, 0.05) is 30.9 Å². The van der Waals surface area contributed by atoms with Crippen LogP contribution in [-0.2, 0) is 4.79 Å². The Hall–Kier alpha value is -4.33. The van der Waals surface area contributed by atoms with Gasteiger partial charge in [-0.2, -0.15) is 0 Å². The topological polar surface area (TPSA) is 93.9 Å². The Morgan fingerprint density at radius 1 is 1.03 bits per heavy atom. The van der Waals surface area contributed by atoms with Crippen molar-refractivity contribution in [2.45, 2.75) is 12.5 Å². The molecule has 3 aromatic rings. The summed E-state index contributed by atoms with van der Waals surface area (Å²) in [5.41, 5.74) is 6.67. The van der Waals surface area contributed by atoms with E-state index in [0.29, 0.717) is 29.5 Å². The molecular formula is C26H24FN3O4. The summed E-state index contributed by atoms with van der Waals surface area (Å²) in [5, 5.41) is 2.89. The first-order chi connectivity index (χ1) is 16.4. The Morgan fingerprint density at radius 3 is 2.44 bits per heavy atom. The second-order valence-electron chi connectivity index (χ2n) is 7.82. The summed E-state index contributed by atoms with van der Waals surface area (Å²) >= 11 is 0. The van der Waals surface area contributed by atoms with Gasteiger partial charge in [-0.05, 0) is 67.1 Å². The number of hydrogen-bond acceptors (Lipinski definition) is 5. The number of rotatable bonds is 8. The third-order valence-electron chi connectivity index (χ3n) is 5.40. The molecule has 1 unspecified atom stereocenters. The largest absolute Gasteiger partial charge is 0.457 e. The van der Waals surface area contributed by atoms with Crippen LogP contribution in [0.25, 0.3) is 0 Å². The zero-order valence-electron chi connectivity index (χ0n) is 18.4. The summed E-state index contributed by atoms with van der Waals surface area (Å²) in [6, 6.07) is 17.8. The van der Waals surface area contributed by atoms with Crippen LogP contribution in [0.2, 0.25) is 0 Å². The predicted octanol–water partition coefficient (Wildman–Crippen LogP) is 4.39. The van der Waals surface area contributed by atoms with E-state index in [1.54, 1.807) is 48.5 Å². The van der Waals surface area contributed by atoms with E-state index >= 15 is 0 Å². The highest BCUT2D eigenvalue weighted by atomic mass is 19.1. The van der Waals surface area contributed by atoms with Gasteiger partial charge in [0.15, 0.2) is 0 Å². The third kappa shape index (κ3) is 5.53. The van der Waals surface area contributed by atoms with Gasteiger partial charge in [-0.1, -0.05) is 12.6 Å². The number of nitrogens with zero attached hydrogens (tertiary/aromatic N) is 1. The van der Waals surface area contributed by atoms with Gasteiger partial charge in [-0.15, -0.1) is 0 Å². The lowest BCUT2D eigenvalue weighted by atomic mass is 10.1. The molecule has 8 heteroatoms. The minimum absolute atomic E-state index is 0.00608. The molecule has 174 valence electrons. The molecule has 4 rings (SSSR count). The summed E-state index contributed by atoms with van der Waals surface area (Å²) in [6.07, 6.45) is 2.04. The van der Waals surface area contributed by atoms with Gasteiger partial charge in [-0.25, -0.2) is 4.39 Å². The van der Waals surface area contributed by atoms with E-state index in [2.05, 4.69) is 16.8 Å². The Bertz CT molecular complexity index is 1210. The van der Waals surface area contributed by atoms with Gasteiger partial charge in [0.1, 0.15) is 28.8 Å². The summed E-state index contributed by atoms with van der Waals surface area (Å²) in [6.45, 7) is 4.82. The molecule has 3 aromatic carbocycles. The number of anilines is 1. The first kappa shape index (κ1) is 22.8. The SMILES string of the molecule is C=CC(=O)NC1CCN(c2ccc(Oc3ccc(Oc4cccc(F)c4)cc3)c(C(N)=O)c2)C1. The quantitative estimate of drug-likeness (QED) is 0.486. The van der Waals surface area contributed by atoms with Crippen molar-refractivity contribution in [2.24, 2.45) is 5.73 Å². The van der Waals surface area contributed by atoms with Crippen molar-refractivity contribution in [2.75, 3.05) is 18.0 Å². The molecule has 0 aliphatic carbocycles. The maximum atomic E-state index is 13.3. The van der Waals surface area contributed by atoms with Crippen molar-refractivity contribution in [3.63, 3.8) is 0 Å². The number of amides is 2. The van der Waals surface area contributed by atoms with Gasteiger partial charge in [-0.3, -0.25) is 9.59 Å². The highest BCUT2D eigenvalue weighted by Crippen LogP contribution is 2.32. The minimum atomic E-state index is -0.612. The number of nitrogens with two attached hydrogens (primary N) is 1. The van der Waals surface area contributed by atoms with Gasteiger partial charge < -0.3 is 25.4 Å². The summed E-state index contributed by atoms with van der Waals surface area (Å²) < 4.78 is 24.9. The van der Waals surface area contributed by atoms with E-state index in [1.165, 1.54) is 18.2 Å². The van der Waals surface area contributed by atoms with Crippen LogP contribution in [0.3, 0.4) is 0 Å². The van der Waals surface area contributed by atoms with Gasteiger partial charge >= 0.3 is 0 Å². The fourth-order valence-corrected chi connectivity index (χ4v) is 3.74. The van der Waals surface area contributed by atoms with Crippen molar-refractivity contribution < 1.29 is 23.5 Å². The number of carbonyl (C=O) groups is 2. The van der Waals surface area contributed by atoms with Gasteiger partial charge in [0.05, 0.1) is 5.56 Å². The average molecular weight is 461 g/mol. The van der Waals surface area contributed by atoms with Gasteiger partial charge in [0.25, 0.3) is 5.91 Å². The molecule has 1 atom stereocenters. The molecule has 1 aliphatic heterocycles. The number of halogens is 1. The second-order valence-corrected chi connectivity index (χ2v) is 7.82. The van der Waals surface area contributed by atoms with Crippen molar-refractivity contribution >= 4 is 17.5 Å². The first-order valence-corrected chi connectivity index (χ1v) is 10.7. The molecule has 0 spiro atoms. The van der Waals surface area contributed by atoms with Crippen LogP contribution in [0, 0.1) is 5.82 Å². The Labute approximate surface area is 196 Å². The number of hydrogen-bond donors (Lipinski definition) is 2. The Morgan fingerprint density at radius 2 is 1.76 bits per heavy atom. The smallest absolute Gasteiger partial charge is 0.252 e. The van der Waals surface area contributed by atoms with Crippen LogP contribution in [0.5, 0.6) is 23.0 Å². The van der Waals surface area contributed by atoms with Crippen molar-refractivity contribution in [1.29, 1.82) is 0 Å². The third-order valence-corrected chi connectivity index (χ3v) is 5.40. The monoisotopic (exact) mass is 461 g/mol. The van der Waals surface area contributed by atoms with E-state index in [-0.39, 0.29) is 23.3 Å². The number of carbonyl (C=O) groups excluding carboxylic acids is 2. The molecule has 0 radical (unpaired) electrons. The molecule has 0 saturated carbocycles. The standard InChI is InChI=1S/C26H24FN3O4/c1-2-25(31)29-18-12-13-30(16-18)19-6-11-24(23(15-19)26(28)32)34-21-9-7-20(8-10-21)33-22-5-3-4-17(27)14-22/h2-11,14-15,18H,1,12-13,16H2,(H2,28,32)(H,29,31). The molecule has 2 amide bonds. The lowest BCUT2D eigenvalue weighted by molar-refractivity contribution is -0.117. The zero-order valence-corrected chi connectivity index (χ0v) is 18.4. The normalized spacial score (nSPS) is 15.0. The highest BCUT2D eigenvalue weighted by Gasteiger charge is 2.24. The molecule has 34 heavy (non-hydrogen) atoms. The van der Waals surface area contributed by atoms with E-state index in [9.17, 15) is 14.0 Å². The number of benzene rings is 3. The van der Waals surface area contributed by atoms with Crippen LogP contribution < -0.4 is 25.4 Å². The minimum Gasteiger partial charge on any atom is -0.457 e. The Kier molecular flexibility index (Phi) is 6.77. The molecule has 7 nitrogen and oxygen atoms in total. The van der Waals surface area contributed by atoms with E-state index in [4.69, 9.17) is 15.2 Å². The molecule has 1 saturated heterocycles. The Balaban J connectivity index is 1.45. The number of ether oxygens (including phenoxy) is 2. The maximum absolute atomic E-state index is 13.3. The van der Waals surface area contributed by atoms with E-state index < -0.39 is 5.91 Å². The van der Waals surface area contributed by atoms with Crippen LogP contribution in [-0.4, -0.2) is 30.9 Å². The summed E-state index contributed by atoms with van der Waals surface area (Å²) in [7, 11) is 0. The zero-order chi connectivity index (χ0) is 24.1. The van der Waals surface area contributed by atoms with Crippen LogP contribution in [0.15, 0.2) is 79.4 Å². The van der Waals surface area contributed by atoms with Crippen molar-refractivity contribution in [3.8, 4) is 23.0 Å². The van der Waals surface area contributed by atoms with E-state index in [0.717, 1.165) is 18.7 Å². The van der Waals surface area contributed by atoms with Crippen molar-refractivity contribution in [3.05, 3.63) is 90.8 Å². The molecule has 1 aliphatic rings. The molecule has 0 aromatic heterocycles. The molecule has 1 fully saturated rings. The fourth-order valence-electron chi connectivity index (χ4n) is 3.74. The number of primary amides is 1. The summed E-state index contributed by atoms with van der Waals surface area (Å²) in [5.74, 6) is 0.496. The highest BCUT2D eigenvalue weighted by molar-refractivity contribution is 5.97. The molecule has 1 heterocycles. The predicted molar refractivity (Wildman–Crippen MR) is 127 cm³/mol. The van der Waals surface area contributed by atoms with Crippen LogP contribution >= 0.6 is 0 Å². The lowest BCUT2D eigenvalue weighted by Gasteiger charge is -2.20.